The van der Waals surface area contributed by atoms with E-state index in [4.69, 9.17) is 11.6 Å². The summed E-state index contributed by atoms with van der Waals surface area (Å²) in [5.74, 6) is -1.61. The molecule has 0 saturated carbocycles. The zero-order valence-electron chi connectivity index (χ0n) is 12.7. The summed E-state index contributed by atoms with van der Waals surface area (Å²) >= 11 is 5.86. The number of benzene rings is 2. The fraction of sp³-hybridized carbons (Fsp3) is 0. The lowest BCUT2D eigenvalue weighted by molar-refractivity contribution is 0.0947. The molecule has 0 bridgehead atoms. The van der Waals surface area contributed by atoms with Crippen molar-refractivity contribution < 1.29 is 14.3 Å². The molecular formula is C17H12ClFN4O2. The first-order valence-electron chi connectivity index (χ1n) is 7.17. The van der Waals surface area contributed by atoms with Crippen LogP contribution in [0, 0.1) is 5.82 Å². The SMILES string of the molecule is O=C(N/N=C/c1c(F)cccc1Cl)c1nn(-c2ccccc2)cc1O. The van der Waals surface area contributed by atoms with Gasteiger partial charge < -0.3 is 5.11 Å². The number of halogens is 2. The summed E-state index contributed by atoms with van der Waals surface area (Å²) in [4.78, 5) is 12.1. The van der Waals surface area contributed by atoms with Crippen LogP contribution in [0.1, 0.15) is 16.1 Å². The van der Waals surface area contributed by atoms with Gasteiger partial charge in [-0.05, 0) is 24.3 Å². The van der Waals surface area contributed by atoms with Crippen LogP contribution in [0.3, 0.4) is 0 Å². The highest BCUT2D eigenvalue weighted by Crippen LogP contribution is 2.18. The first-order valence-corrected chi connectivity index (χ1v) is 7.55. The smallest absolute Gasteiger partial charge is 0.295 e. The second-order valence-electron chi connectivity index (χ2n) is 4.98. The van der Waals surface area contributed by atoms with Gasteiger partial charge in [-0.3, -0.25) is 4.79 Å². The fourth-order valence-corrected chi connectivity index (χ4v) is 2.29. The summed E-state index contributed by atoms with van der Waals surface area (Å²) in [5, 5.41) is 17.7. The highest BCUT2D eigenvalue weighted by molar-refractivity contribution is 6.33. The van der Waals surface area contributed by atoms with E-state index in [0.29, 0.717) is 5.69 Å². The number of hydrogen-bond acceptors (Lipinski definition) is 4. The number of rotatable bonds is 4. The molecule has 6 nitrogen and oxygen atoms in total. The second kappa shape index (κ2) is 7.14. The van der Waals surface area contributed by atoms with Gasteiger partial charge in [0.05, 0.1) is 23.1 Å². The Bertz CT molecular complexity index is 921. The summed E-state index contributed by atoms with van der Waals surface area (Å²) in [6, 6.07) is 13.2. The van der Waals surface area contributed by atoms with Gasteiger partial charge in [-0.25, -0.2) is 14.5 Å². The van der Waals surface area contributed by atoms with E-state index in [1.165, 1.54) is 29.1 Å². The van der Waals surface area contributed by atoms with Crippen LogP contribution in [0.15, 0.2) is 59.8 Å². The molecule has 0 spiro atoms. The van der Waals surface area contributed by atoms with Gasteiger partial charge in [0.15, 0.2) is 11.4 Å². The van der Waals surface area contributed by atoms with Crippen LogP contribution in [0.25, 0.3) is 5.69 Å². The minimum absolute atomic E-state index is 0.0449. The summed E-state index contributed by atoms with van der Waals surface area (Å²) in [5.41, 5.74) is 2.69. The zero-order chi connectivity index (χ0) is 17.8. The molecule has 0 fully saturated rings. The molecule has 0 aliphatic heterocycles. The number of amides is 1. The largest absolute Gasteiger partial charge is 0.504 e. The predicted octanol–water partition coefficient (Wildman–Crippen LogP) is 3.13. The second-order valence-corrected chi connectivity index (χ2v) is 5.38. The van der Waals surface area contributed by atoms with Crippen LogP contribution in [0.5, 0.6) is 5.75 Å². The molecule has 1 amide bonds. The summed E-state index contributed by atoms with van der Waals surface area (Å²) in [6.45, 7) is 0. The van der Waals surface area contributed by atoms with E-state index in [2.05, 4.69) is 15.6 Å². The van der Waals surface area contributed by atoms with Crippen LogP contribution in [-0.4, -0.2) is 27.0 Å². The fourth-order valence-electron chi connectivity index (χ4n) is 2.08. The maximum atomic E-state index is 13.6. The normalized spacial score (nSPS) is 11.0. The number of carbonyl (C=O) groups excluding carboxylic acids is 1. The third-order valence-corrected chi connectivity index (χ3v) is 3.62. The molecule has 2 aromatic carbocycles. The van der Waals surface area contributed by atoms with Gasteiger partial charge in [-0.2, -0.15) is 10.2 Å². The maximum Gasteiger partial charge on any atom is 0.295 e. The Hall–Kier alpha value is -3.19. The lowest BCUT2D eigenvalue weighted by Gasteiger charge is -2.00. The summed E-state index contributed by atoms with van der Waals surface area (Å²) in [7, 11) is 0. The van der Waals surface area contributed by atoms with Crippen molar-refractivity contribution in [2.45, 2.75) is 0 Å². The molecule has 2 N–H and O–H groups in total. The molecule has 0 atom stereocenters. The number of hydrazone groups is 1. The number of aromatic hydroxyl groups is 1. The Balaban J connectivity index is 1.76. The van der Waals surface area contributed by atoms with Gasteiger partial charge in [-0.15, -0.1) is 0 Å². The Morgan fingerprint density at radius 2 is 2.00 bits per heavy atom. The molecular weight excluding hydrogens is 347 g/mol. The van der Waals surface area contributed by atoms with Crippen molar-refractivity contribution in [2.24, 2.45) is 5.10 Å². The number of nitrogens with zero attached hydrogens (tertiary/aromatic N) is 3. The van der Waals surface area contributed by atoms with Crippen molar-refractivity contribution in [2.75, 3.05) is 0 Å². The molecule has 0 saturated heterocycles. The van der Waals surface area contributed by atoms with Gasteiger partial charge in [-0.1, -0.05) is 35.9 Å². The van der Waals surface area contributed by atoms with Gasteiger partial charge in [0.2, 0.25) is 0 Å². The van der Waals surface area contributed by atoms with E-state index >= 15 is 0 Å². The molecule has 8 heteroatoms. The van der Waals surface area contributed by atoms with E-state index in [0.717, 1.165) is 6.21 Å². The van der Waals surface area contributed by atoms with Crippen LogP contribution >= 0.6 is 11.6 Å². The lowest BCUT2D eigenvalue weighted by atomic mass is 10.2. The van der Waals surface area contributed by atoms with Crippen LogP contribution in [0.2, 0.25) is 5.02 Å². The first-order chi connectivity index (χ1) is 12.1. The molecule has 3 rings (SSSR count). The molecule has 1 heterocycles. The topological polar surface area (TPSA) is 79.5 Å². The van der Waals surface area contributed by atoms with Crippen LogP contribution < -0.4 is 5.43 Å². The average Bonchev–Trinajstić information content (AvgIpc) is 3.00. The first kappa shape index (κ1) is 16.7. The third kappa shape index (κ3) is 3.67. The molecule has 0 aliphatic carbocycles. The van der Waals surface area contributed by atoms with Crippen molar-refractivity contribution in [3.63, 3.8) is 0 Å². The Labute approximate surface area is 147 Å². The number of carbonyl (C=O) groups is 1. The van der Waals surface area contributed by atoms with E-state index in [9.17, 15) is 14.3 Å². The number of para-hydroxylation sites is 1. The number of aromatic nitrogens is 2. The molecule has 25 heavy (non-hydrogen) atoms. The van der Waals surface area contributed by atoms with Crippen molar-refractivity contribution in [1.82, 2.24) is 15.2 Å². The van der Waals surface area contributed by atoms with Gasteiger partial charge in [0, 0.05) is 5.56 Å². The zero-order valence-corrected chi connectivity index (χ0v) is 13.5. The van der Waals surface area contributed by atoms with E-state index in [1.807, 2.05) is 6.07 Å². The quantitative estimate of drug-likeness (QED) is 0.555. The Kier molecular flexibility index (Phi) is 4.76. The monoisotopic (exact) mass is 358 g/mol. The van der Waals surface area contributed by atoms with Gasteiger partial charge in [0.25, 0.3) is 5.91 Å². The number of nitrogens with one attached hydrogen (secondary N) is 1. The summed E-state index contributed by atoms with van der Waals surface area (Å²) < 4.78 is 15.0. The summed E-state index contributed by atoms with van der Waals surface area (Å²) in [6.07, 6.45) is 2.39. The van der Waals surface area contributed by atoms with Crippen molar-refractivity contribution in [1.29, 1.82) is 0 Å². The molecule has 126 valence electrons. The predicted molar refractivity (Wildman–Crippen MR) is 91.7 cm³/mol. The standard InChI is InChI=1S/C17H12ClFN4O2/c18-13-7-4-8-14(19)12(13)9-20-21-17(25)16-15(24)10-23(22-16)11-5-2-1-3-6-11/h1-10,24H,(H,21,25)/b20-9+. The molecule has 1 aromatic heterocycles. The van der Waals surface area contributed by atoms with Crippen molar-refractivity contribution >= 4 is 23.7 Å². The Morgan fingerprint density at radius 1 is 1.24 bits per heavy atom. The molecule has 0 radical (unpaired) electrons. The highest BCUT2D eigenvalue weighted by atomic mass is 35.5. The third-order valence-electron chi connectivity index (χ3n) is 3.29. The van der Waals surface area contributed by atoms with Gasteiger partial charge in [0.1, 0.15) is 5.82 Å². The van der Waals surface area contributed by atoms with Crippen molar-refractivity contribution in [3.8, 4) is 11.4 Å². The van der Waals surface area contributed by atoms with E-state index in [1.54, 1.807) is 24.3 Å². The minimum Gasteiger partial charge on any atom is -0.504 e. The average molecular weight is 359 g/mol. The van der Waals surface area contributed by atoms with Crippen LogP contribution in [-0.2, 0) is 0 Å². The van der Waals surface area contributed by atoms with Gasteiger partial charge >= 0.3 is 0 Å². The highest BCUT2D eigenvalue weighted by Gasteiger charge is 2.16. The minimum atomic E-state index is -0.740. The van der Waals surface area contributed by atoms with E-state index in [-0.39, 0.29) is 22.0 Å². The van der Waals surface area contributed by atoms with E-state index < -0.39 is 11.7 Å². The molecule has 0 unspecified atom stereocenters. The molecule has 3 aromatic rings. The lowest BCUT2D eigenvalue weighted by Crippen LogP contribution is -2.18. The Morgan fingerprint density at radius 3 is 2.72 bits per heavy atom. The van der Waals surface area contributed by atoms with Crippen LogP contribution in [0.4, 0.5) is 4.39 Å². The molecule has 0 aliphatic rings. The number of hydrogen-bond donors (Lipinski definition) is 2. The van der Waals surface area contributed by atoms with Crippen molar-refractivity contribution in [3.05, 3.63) is 76.8 Å². The maximum absolute atomic E-state index is 13.6.